The van der Waals surface area contributed by atoms with Crippen LogP contribution in [0.2, 0.25) is 5.02 Å². The number of hydrogen-bond acceptors (Lipinski definition) is 5. The molecule has 3 aromatic rings. The average Bonchev–Trinajstić information content (AvgIpc) is 2.74. The smallest absolute Gasteiger partial charge is 0.321 e. The first kappa shape index (κ1) is 23.7. The lowest BCUT2D eigenvalue weighted by molar-refractivity contribution is -0.145. The summed E-state index contributed by atoms with van der Waals surface area (Å²) in [6, 6.07) is 13.4. The van der Waals surface area contributed by atoms with Crippen molar-refractivity contribution < 1.29 is 9.53 Å². The van der Waals surface area contributed by atoms with E-state index < -0.39 is 4.75 Å². The molecule has 0 unspecified atom stereocenters. The van der Waals surface area contributed by atoms with Crippen molar-refractivity contribution in [2.75, 3.05) is 6.61 Å². The quantitative estimate of drug-likeness (QED) is 0.319. The number of rotatable bonds is 5. The normalized spacial score (nSPS) is 10.7. The van der Waals surface area contributed by atoms with Crippen LogP contribution in [0, 0.1) is 11.3 Å². The number of nitrogens with zero attached hydrogens (tertiary/aromatic N) is 2. The number of hydrogen-bond donors (Lipinski definition) is 0. The molecule has 4 nitrogen and oxygen atoms in total. The monoisotopic (exact) mass is 440 g/mol. The van der Waals surface area contributed by atoms with E-state index in [0.29, 0.717) is 17.2 Å². The number of carbonyl (C=O) groups is 1. The molecule has 0 N–H and O–H groups in total. The first-order chi connectivity index (χ1) is 14.4. The molecule has 0 saturated carbocycles. The first-order valence-electron chi connectivity index (χ1n) is 9.79. The van der Waals surface area contributed by atoms with Crippen LogP contribution in [-0.4, -0.2) is 22.3 Å². The molecule has 0 spiro atoms. The Labute approximate surface area is 187 Å². The van der Waals surface area contributed by atoms with E-state index in [4.69, 9.17) is 21.6 Å². The van der Waals surface area contributed by atoms with Crippen LogP contribution in [-0.2, 0) is 9.53 Å². The number of aromatic nitrogens is 1. The maximum Gasteiger partial charge on any atom is 0.321 e. The van der Waals surface area contributed by atoms with Crippen LogP contribution >= 0.6 is 23.4 Å². The van der Waals surface area contributed by atoms with E-state index in [1.54, 1.807) is 31.5 Å². The summed E-state index contributed by atoms with van der Waals surface area (Å²) in [5.41, 5.74) is 2.24. The molecule has 0 aliphatic heterocycles. The van der Waals surface area contributed by atoms with Crippen LogP contribution < -0.4 is 0 Å². The van der Waals surface area contributed by atoms with Gasteiger partial charge in [0.1, 0.15) is 10.8 Å². The molecule has 156 valence electrons. The van der Waals surface area contributed by atoms with E-state index in [2.05, 4.69) is 11.1 Å². The van der Waals surface area contributed by atoms with E-state index in [0.717, 1.165) is 26.8 Å². The summed E-state index contributed by atoms with van der Waals surface area (Å²) < 4.78 is 4.48. The highest BCUT2D eigenvalue weighted by molar-refractivity contribution is 8.01. The summed E-state index contributed by atoms with van der Waals surface area (Å²) in [5.74, 6) is -0.242. The SMILES string of the molecule is CC.CCOC(=O)C(C)(C)Sc1ccc2cncc(-c3ccc(C#N)c(Cl)c3)c2c1. The Bertz CT molecular complexity index is 1090. The zero-order valence-corrected chi connectivity index (χ0v) is 19.4. The zero-order chi connectivity index (χ0) is 22.3. The average molecular weight is 441 g/mol. The lowest BCUT2D eigenvalue weighted by atomic mass is 10.00. The molecule has 30 heavy (non-hydrogen) atoms. The number of esters is 1. The predicted octanol–water partition coefficient (Wildman–Crippen LogP) is 6.89. The lowest BCUT2D eigenvalue weighted by Crippen LogP contribution is -2.29. The summed E-state index contributed by atoms with van der Waals surface area (Å²) in [6.07, 6.45) is 3.58. The standard InChI is InChI=1S/C22H19ClN2O2S.C2H6/c1-4-27-21(26)22(2,3)28-17-8-7-16-12-25-13-19(18(16)10-17)14-5-6-15(11-24)20(23)9-14;1-2/h5-10,12-13H,4H2,1-3H3;1-2H3. The Morgan fingerprint density at radius 1 is 1.20 bits per heavy atom. The summed E-state index contributed by atoms with van der Waals surface area (Å²) in [6.45, 7) is 9.87. The molecular weight excluding hydrogens is 416 g/mol. The Balaban J connectivity index is 0.00000155. The Kier molecular flexibility index (Phi) is 8.28. The van der Waals surface area contributed by atoms with Gasteiger partial charge < -0.3 is 4.74 Å². The molecular formula is C24H25ClN2O2S. The fraction of sp³-hybridized carbons (Fsp3) is 0.292. The molecule has 0 fully saturated rings. The molecule has 0 amide bonds. The van der Waals surface area contributed by atoms with Crippen molar-refractivity contribution in [1.82, 2.24) is 4.98 Å². The highest BCUT2D eigenvalue weighted by Crippen LogP contribution is 2.37. The third-order valence-corrected chi connectivity index (χ3v) is 5.75. The minimum Gasteiger partial charge on any atom is -0.465 e. The van der Waals surface area contributed by atoms with Crippen LogP contribution in [0.15, 0.2) is 53.7 Å². The van der Waals surface area contributed by atoms with E-state index in [-0.39, 0.29) is 5.97 Å². The summed E-state index contributed by atoms with van der Waals surface area (Å²) in [4.78, 5) is 17.5. The van der Waals surface area contributed by atoms with Crippen molar-refractivity contribution in [1.29, 1.82) is 5.26 Å². The van der Waals surface area contributed by atoms with Crippen molar-refractivity contribution in [3.05, 3.63) is 59.4 Å². The molecule has 0 bridgehead atoms. The molecule has 3 rings (SSSR count). The molecule has 0 aliphatic rings. The first-order valence-corrected chi connectivity index (χ1v) is 11.0. The molecule has 0 saturated heterocycles. The van der Waals surface area contributed by atoms with Gasteiger partial charge in [-0.15, -0.1) is 11.8 Å². The predicted molar refractivity (Wildman–Crippen MR) is 125 cm³/mol. The third-order valence-electron chi connectivity index (χ3n) is 4.27. The van der Waals surface area contributed by atoms with Crippen LogP contribution in [0.1, 0.15) is 40.2 Å². The maximum absolute atomic E-state index is 12.2. The molecule has 0 aliphatic carbocycles. The number of fused-ring (bicyclic) bond motifs is 1. The van der Waals surface area contributed by atoms with E-state index in [9.17, 15) is 4.79 Å². The molecule has 1 heterocycles. The Hall–Kier alpha value is -2.55. The molecule has 0 radical (unpaired) electrons. The third kappa shape index (κ3) is 5.33. The lowest BCUT2D eigenvalue weighted by Gasteiger charge is -2.22. The molecule has 2 aromatic carbocycles. The van der Waals surface area contributed by atoms with Crippen molar-refractivity contribution in [3.8, 4) is 17.2 Å². The van der Waals surface area contributed by atoms with Gasteiger partial charge >= 0.3 is 5.97 Å². The molecule has 6 heteroatoms. The van der Waals surface area contributed by atoms with Gasteiger partial charge in [0.05, 0.1) is 17.2 Å². The number of thioether (sulfide) groups is 1. The van der Waals surface area contributed by atoms with Gasteiger partial charge in [0, 0.05) is 28.2 Å². The fourth-order valence-corrected chi connectivity index (χ4v) is 4.12. The number of pyridine rings is 1. The molecule has 1 aromatic heterocycles. The van der Waals surface area contributed by atoms with Crippen LogP contribution in [0.4, 0.5) is 0 Å². The van der Waals surface area contributed by atoms with E-state index >= 15 is 0 Å². The largest absolute Gasteiger partial charge is 0.465 e. The Morgan fingerprint density at radius 2 is 1.93 bits per heavy atom. The second-order valence-corrected chi connectivity index (χ2v) is 8.81. The minimum atomic E-state index is -0.700. The second kappa shape index (κ2) is 10.5. The van der Waals surface area contributed by atoms with Crippen molar-refractivity contribution in [2.45, 2.75) is 44.3 Å². The second-order valence-electron chi connectivity index (χ2n) is 6.71. The van der Waals surface area contributed by atoms with E-state index in [1.807, 2.05) is 52.0 Å². The van der Waals surface area contributed by atoms with Gasteiger partial charge in [-0.1, -0.05) is 37.6 Å². The number of ether oxygens (including phenoxy) is 1. The topological polar surface area (TPSA) is 63.0 Å². The minimum absolute atomic E-state index is 0.242. The van der Waals surface area contributed by atoms with Gasteiger partial charge in [-0.3, -0.25) is 9.78 Å². The van der Waals surface area contributed by atoms with Gasteiger partial charge in [0.15, 0.2) is 0 Å². The van der Waals surface area contributed by atoms with Gasteiger partial charge in [-0.25, -0.2) is 0 Å². The van der Waals surface area contributed by atoms with Crippen LogP contribution in [0.25, 0.3) is 21.9 Å². The van der Waals surface area contributed by atoms with E-state index in [1.165, 1.54) is 11.8 Å². The zero-order valence-electron chi connectivity index (χ0n) is 17.8. The van der Waals surface area contributed by atoms with Crippen molar-refractivity contribution in [3.63, 3.8) is 0 Å². The molecule has 0 atom stereocenters. The van der Waals surface area contributed by atoms with Gasteiger partial charge in [-0.05, 0) is 56.0 Å². The Morgan fingerprint density at radius 3 is 2.57 bits per heavy atom. The summed E-state index contributed by atoms with van der Waals surface area (Å²) >= 11 is 7.67. The number of carbonyl (C=O) groups excluding carboxylic acids is 1. The van der Waals surface area contributed by atoms with Gasteiger partial charge in [0.2, 0.25) is 0 Å². The highest BCUT2D eigenvalue weighted by Gasteiger charge is 2.30. The number of halogens is 1. The highest BCUT2D eigenvalue weighted by atomic mass is 35.5. The van der Waals surface area contributed by atoms with Crippen molar-refractivity contribution >= 4 is 40.1 Å². The number of nitriles is 1. The van der Waals surface area contributed by atoms with Crippen molar-refractivity contribution in [2.24, 2.45) is 0 Å². The summed E-state index contributed by atoms with van der Waals surface area (Å²) in [7, 11) is 0. The van der Waals surface area contributed by atoms with Gasteiger partial charge in [0.25, 0.3) is 0 Å². The fourth-order valence-electron chi connectivity index (χ4n) is 2.85. The van der Waals surface area contributed by atoms with Crippen LogP contribution in [0.3, 0.4) is 0 Å². The summed E-state index contributed by atoms with van der Waals surface area (Å²) in [5, 5.41) is 11.5. The number of benzene rings is 2. The van der Waals surface area contributed by atoms with Crippen LogP contribution in [0.5, 0.6) is 0 Å². The maximum atomic E-state index is 12.2. The van der Waals surface area contributed by atoms with Gasteiger partial charge in [-0.2, -0.15) is 5.26 Å².